The average Bonchev–Trinajstić information content (AvgIpc) is 2.89. The maximum absolute atomic E-state index is 11.5. The lowest BCUT2D eigenvalue weighted by Gasteiger charge is -2.02. The lowest BCUT2D eigenvalue weighted by molar-refractivity contribution is 0.396. The number of sulfonamides is 1. The quantitative estimate of drug-likeness (QED) is 0.713. The van der Waals surface area contributed by atoms with E-state index in [0.29, 0.717) is 6.61 Å². The van der Waals surface area contributed by atoms with Crippen LogP contribution in [0.4, 0.5) is 0 Å². The third-order valence-electron chi connectivity index (χ3n) is 1.67. The van der Waals surface area contributed by atoms with Crippen molar-refractivity contribution in [2.24, 2.45) is 0 Å². The van der Waals surface area contributed by atoms with Crippen molar-refractivity contribution < 1.29 is 13.2 Å². The molecular weight excluding hydrogens is 190 g/mol. The van der Waals surface area contributed by atoms with Crippen molar-refractivity contribution in [3.63, 3.8) is 0 Å². The van der Waals surface area contributed by atoms with Crippen LogP contribution in [0, 0.1) is 0 Å². The molecule has 13 heavy (non-hydrogen) atoms. The van der Waals surface area contributed by atoms with Crippen LogP contribution in [0.2, 0.25) is 0 Å². The van der Waals surface area contributed by atoms with Gasteiger partial charge >= 0.3 is 0 Å². The van der Waals surface area contributed by atoms with Crippen molar-refractivity contribution in [2.45, 2.75) is 11.1 Å². The number of nitrogens with one attached hydrogen (secondary N) is 1. The summed E-state index contributed by atoms with van der Waals surface area (Å²) in [4.78, 5) is 0.269. The first-order valence-corrected chi connectivity index (χ1v) is 5.36. The number of hydrogen-bond donors (Lipinski definition) is 1. The van der Waals surface area contributed by atoms with Gasteiger partial charge in [-0.2, -0.15) is 4.72 Å². The summed E-state index contributed by atoms with van der Waals surface area (Å²) < 4.78 is 30.2. The summed E-state index contributed by atoms with van der Waals surface area (Å²) in [5.74, 6) is 0. The molecule has 70 valence electrons. The largest absolute Gasteiger partial charge is 0.356 e. The van der Waals surface area contributed by atoms with Crippen LogP contribution in [0.5, 0.6) is 0 Å². The highest BCUT2D eigenvalue weighted by Crippen LogP contribution is 2.12. The molecule has 1 atom stereocenters. The van der Waals surface area contributed by atoms with Crippen molar-refractivity contribution in [1.29, 1.82) is 0 Å². The van der Waals surface area contributed by atoms with E-state index in [2.05, 4.69) is 4.72 Å². The molecule has 1 heterocycles. The molecule has 0 aliphatic carbocycles. The Bertz CT molecular complexity index is 383. The van der Waals surface area contributed by atoms with E-state index < -0.39 is 10.0 Å². The van der Waals surface area contributed by atoms with Gasteiger partial charge in [0.15, 0.2) is 0 Å². The van der Waals surface area contributed by atoms with Gasteiger partial charge in [0.1, 0.15) is 6.23 Å². The second-order valence-electron chi connectivity index (χ2n) is 2.76. The molecule has 4 nitrogen and oxygen atoms in total. The summed E-state index contributed by atoms with van der Waals surface area (Å²) in [6.45, 7) is 0.464. The van der Waals surface area contributed by atoms with E-state index in [0.717, 1.165) is 0 Å². The molecule has 1 aromatic rings. The molecule has 1 aromatic carbocycles. The summed E-state index contributed by atoms with van der Waals surface area (Å²) in [5.41, 5.74) is 0. The second-order valence-corrected chi connectivity index (χ2v) is 4.47. The standard InChI is InChI=1S/C8H9NO3S/c10-13(11,9-8-6-12-8)7-4-2-1-3-5-7/h1-5,8-9H,6H2. The number of hydrogen-bond acceptors (Lipinski definition) is 3. The van der Waals surface area contributed by atoms with E-state index in [1.807, 2.05) is 0 Å². The highest BCUT2D eigenvalue weighted by Gasteiger charge is 2.28. The molecule has 1 aliphatic rings. The molecular formula is C8H9NO3S. The van der Waals surface area contributed by atoms with Crippen LogP contribution < -0.4 is 4.72 Å². The van der Waals surface area contributed by atoms with Crippen LogP contribution >= 0.6 is 0 Å². The van der Waals surface area contributed by atoms with Crippen molar-refractivity contribution in [3.8, 4) is 0 Å². The summed E-state index contributed by atoms with van der Waals surface area (Å²) in [7, 11) is -3.37. The van der Waals surface area contributed by atoms with Crippen LogP contribution in [-0.4, -0.2) is 21.3 Å². The Balaban J connectivity index is 2.23. The summed E-state index contributed by atoms with van der Waals surface area (Å²) in [5, 5.41) is 0. The van der Waals surface area contributed by atoms with Gasteiger partial charge in [-0.25, -0.2) is 8.42 Å². The third kappa shape index (κ3) is 2.06. The molecule has 1 unspecified atom stereocenters. The van der Waals surface area contributed by atoms with Gasteiger partial charge in [0.25, 0.3) is 0 Å². The van der Waals surface area contributed by atoms with Gasteiger partial charge in [0.05, 0.1) is 11.5 Å². The fourth-order valence-electron chi connectivity index (χ4n) is 0.957. The molecule has 2 rings (SSSR count). The maximum Gasteiger partial charge on any atom is 0.242 e. The van der Waals surface area contributed by atoms with E-state index in [1.165, 1.54) is 0 Å². The van der Waals surface area contributed by atoms with Gasteiger partial charge in [-0.05, 0) is 12.1 Å². The molecule has 0 spiro atoms. The minimum Gasteiger partial charge on any atom is -0.356 e. The third-order valence-corrected chi connectivity index (χ3v) is 3.14. The molecule has 0 saturated carbocycles. The number of ether oxygens (including phenoxy) is 1. The monoisotopic (exact) mass is 199 g/mol. The number of rotatable bonds is 3. The fourth-order valence-corrected chi connectivity index (χ4v) is 2.09. The van der Waals surface area contributed by atoms with Crippen LogP contribution in [-0.2, 0) is 14.8 Å². The number of benzene rings is 1. The van der Waals surface area contributed by atoms with Crippen LogP contribution in [0.3, 0.4) is 0 Å². The van der Waals surface area contributed by atoms with Gasteiger partial charge in [-0.1, -0.05) is 18.2 Å². The van der Waals surface area contributed by atoms with Crippen molar-refractivity contribution in [3.05, 3.63) is 30.3 Å². The summed E-state index contributed by atoms with van der Waals surface area (Å²) in [6.07, 6.45) is -0.329. The van der Waals surface area contributed by atoms with Crippen LogP contribution in [0.25, 0.3) is 0 Å². The number of epoxide rings is 1. The van der Waals surface area contributed by atoms with E-state index in [9.17, 15) is 8.42 Å². The highest BCUT2D eigenvalue weighted by molar-refractivity contribution is 7.89. The van der Waals surface area contributed by atoms with Gasteiger partial charge < -0.3 is 4.74 Å². The van der Waals surface area contributed by atoms with Crippen molar-refractivity contribution >= 4 is 10.0 Å². The van der Waals surface area contributed by atoms with Crippen LogP contribution in [0.1, 0.15) is 0 Å². The minimum atomic E-state index is -3.37. The molecule has 0 radical (unpaired) electrons. The molecule has 1 aliphatic heterocycles. The van der Waals surface area contributed by atoms with E-state index in [-0.39, 0.29) is 11.1 Å². The Hall–Kier alpha value is -0.910. The lowest BCUT2D eigenvalue weighted by Crippen LogP contribution is -2.26. The Labute approximate surface area is 76.6 Å². The second kappa shape index (κ2) is 3.10. The predicted octanol–water partition coefficient (Wildman–Crippen LogP) is 0.321. The topological polar surface area (TPSA) is 58.7 Å². The first-order valence-electron chi connectivity index (χ1n) is 3.87. The first kappa shape index (κ1) is 8.68. The Kier molecular flexibility index (Phi) is 2.07. The predicted molar refractivity (Wildman–Crippen MR) is 46.5 cm³/mol. The fraction of sp³-hybridized carbons (Fsp3) is 0.250. The SMILES string of the molecule is O=S(=O)(NC1CO1)c1ccccc1. The molecule has 5 heteroatoms. The minimum absolute atomic E-state index is 0.269. The Morgan fingerprint density at radius 1 is 1.31 bits per heavy atom. The first-order chi connectivity index (χ1) is 6.18. The van der Waals surface area contributed by atoms with Gasteiger partial charge in [-0.15, -0.1) is 0 Å². The van der Waals surface area contributed by atoms with E-state index >= 15 is 0 Å². The molecule has 1 saturated heterocycles. The molecule has 1 N–H and O–H groups in total. The normalized spacial score (nSPS) is 21.4. The zero-order valence-corrected chi connectivity index (χ0v) is 7.62. The highest BCUT2D eigenvalue weighted by atomic mass is 32.2. The molecule has 0 bridgehead atoms. The smallest absolute Gasteiger partial charge is 0.242 e. The van der Waals surface area contributed by atoms with E-state index in [4.69, 9.17) is 4.74 Å². The van der Waals surface area contributed by atoms with Crippen molar-refractivity contribution in [1.82, 2.24) is 4.72 Å². The summed E-state index contributed by atoms with van der Waals surface area (Å²) in [6, 6.07) is 8.23. The van der Waals surface area contributed by atoms with Gasteiger partial charge in [-0.3, -0.25) is 0 Å². The van der Waals surface area contributed by atoms with Gasteiger partial charge in [0, 0.05) is 0 Å². The van der Waals surface area contributed by atoms with Crippen molar-refractivity contribution in [2.75, 3.05) is 6.61 Å². The Morgan fingerprint density at radius 3 is 2.46 bits per heavy atom. The van der Waals surface area contributed by atoms with Gasteiger partial charge in [0.2, 0.25) is 10.0 Å². The molecule has 1 fully saturated rings. The lowest BCUT2D eigenvalue weighted by atomic mass is 10.4. The zero-order chi connectivity index (χ0) is 9.31. The molecule has 0 amide bonds. The zero-order valence-electron chi connectivity index (χ0n) is 6.80. The van der Waals surface area contributed by atoms with Crippen LogP contribution in [0.15, 0.2) is 35.2 Å². The average molecular weight is 199 g/mol. The Morgan fingerprint density at radius 2 is 1.92 bits per heavy atom. The molecule has 0 aromatic heterocycles. The maximum atomic E-state index is 11.5. The van der Waals surface area contributed by atoms with E-state index in [1.54, 1.807) is 30.3 Å². The summed E-state index contributed by atoms with van der Waals surface area (Å²) >= 11 is 0.